The molecule has 3 heteroatoms. The van der Waals surface area contributed by atoms with Gasteiger partial charge in [0.05, 0.1) is 12.2 Å². The van der Waals surface area contributed by atoms with Crippen LogP contribution in [-0.2, 0) is 11.3 Å². The van der Waals surface area contributed by atoms with E-state index in [1.165, 1.54) is 0 Å². The number of ether oxygens (including phenoxy) is 1. The second-order valence-corrected chi connectivity index (χ2v) is 4.84. The van der Waals surface area contributed by atoms with Gasteiger partial charge in [0.1, 0.15) is 0 Å². The molecular formula is C12H18BrNO. The smallest absolute Gasteiger partial charge is 0.0778 e. The molecule has 0 aliphatic carbocycles. The van der Waals surface area contributed by atoms with Crippen LogP contribution in [0.2, 0.25) is 0 Å². The first-order valence-corrected chi connectivity index (χ1v) is 5.97. The van der Waals surface area contributed by atoms with Gasteiger partial charge >= 0.3 is 0 Å². The molecule has 0 fully saturated rings. The van der Waals surface area contributed by atoms with E-state index in [1.807, 2.05) is 19.1 Å². The molecule has 84 valence electrons. The highest BCUT2D eigenvalue weighted by Crippen LogP contribution is 2.18. The molecule has 1 rings (SSSR count). The zero-order valence-corrected chi connectivity index (χ0v) is 10.9. The molecule has 0 aliphatic rings. The third kappa shape index (κ3) is 3.93. The summed E-state index contributed by atoms with van der Waals surface area (Å²) in [6, 6.07) is 8.13. The largest absolute Gasteiger partial charge is 0.369 e. The normalized spacial score (nSPS) is 14.9. The van der Waals surface area contributed by atoms with Crippen molar-refractivity contribution in [3.63, 3.8) is 0 Å². The zero-order valence-electron chi connectivity index (χ0n) is 9.29. The van der Waals surface area contributed by atoms with Crippen molar-refractivity contribution in [2.45, 2.75) is 32.5 Å². The van der Waals surface area contributed by atoms with Gasteiger partial charge in [0.25, 0.3) is 0 Å². The van der Waals surface area contributed by atoms with Crippen molar-refractivity contribution in [2.24, 2.45) is 5.73 Å². The lowest BCUT2D eigenvalue weighted by atomic mass is 10.0. The Morgan fingerprint density at radius 2 is 2.20 bits per heavy atom. The first-order chi connectivity index (χ1) is 7.09. The third-order valence-electron chi connectivity index (χ3n) is 2.66. The van der Waals surface area contributed by atoms with E-state index in [-0.39, 0.29) is 5.60 Å². The number of hydrogen-bond donors (Lipinski definition) is 1. The zero-order chi connectivity index (χ0) is 11.3. The molecule has 0 radical (unpaired) electrons. The standard InChI is InChI=1S/C12H18BrNO/c1-3-12(2,9-14)15-8-10-5-4-6-11(13)7-10/h4-7H,3,8-9,14H2,1-2H3. The lowest BCUT2D eigenvalue weighted by Crippen LogP contribution is -2.36. The van der Waals surface area contributed by atoms with Crippen LogP contribution in [0, 0.1) is 0 Å². The predicted molar refractivity (Wildman–Crippen MR) is 66.7 cm³/mol. The van der Waals surface area contributed by atoms with E-state index in [1.54, 1.807) is 0 Å². The average Bonchev–Trinajstić information content (AvgIpc) is 2.26. The van der Waals surface area contributed by atoms with Crippen molar-refractivity contribution in [1.29, 1.82) is 0 Å². The minimum absolute atomic E-state index is 0.206. The fraction of sp³-hybridized carbons (Fsp3) is 0.500. The van der Waals surface area contributed by atoms with Crippen LogP contribution < -0.4 is 5.73 Å². The monoisotopic (exact) mass is 271 g/mol. The van der Waals surface area contributed by atoms with Crippen molar-refractivity contribution < 1.29 is 4.74 Å². The van der Waals surface area contributed by atoms with Crippen molar-refractivity contribution in [3.8, 4) is 0 Å². The molecule has 1 atom stereocenters. The number of nitrogens with two attached hydrogens (primary N) is 1. The molecule has 1 unspecified atom stereocenters. The van der Waals surface area contributed by atoms with E-state index in [9.17, 15) is 0 Å². The summed E-state index contributed by atoms with van der Waals surface area (Å²) in [7, 11) is 0. The molecule has 15 heavy (non-hydrogen) atoms. The van der Waals surface area contributed by atoms with Crippen LogP contribution in [0.5, 0.6) is 0 Å². The minimum atomic E-state index is -0.206. The number of benzene rings is 1. The van der Waals surface area contributed by atoms with Crippen LogP contribution in [0.4, 0.5) is 0 Å². The van der Waals surface area contributed by atoms with Gasteiger partial charge in [0.15, 0.2) is 0 Å². The predicted octanol–water partition coefficient (Wildman–Crippen LogP) is 3.09. The van der Waals surface area contributed by atoms with Crippen molar-refractivity contribution in [1.82, 2.24) is 0 Å². The van der Waals surface area contributed by atoms with Gasteiger partial charge in [0, 0.05) is 11.0 Å². The van der Waals surface area contributed by atoms with Crippen LogP contribution in [0.1, 0.15) is 25.8 Å². The molecule has 1 aromatic carbocycles. The summed E-state index contributed by atoms with van der Waals surface area (Å²) < 4.78 is 6.90. The molecule has 2 N–H and O–H groups in total. The highest BCUT2D eigenvalue weighted by Gasteiger charge is 2.20. The molecule has 0 saturated heterocycles. The maximum atomic E-state index is 5.82. The molecule has 0 bridgehead atoms. The summed E-state index contributed by atoms with van der Waals surface area (Å²) in [6.07, 6.45) is 0.928. The maximum Gasteiger partial charge on any atom is 0.0778 e. The van der Waals surface area contributed by atoms with Gasteiger partial charge in [-0.3, -0.25) is 0 Å². The second kappa shape index (κ2) is 5.64. The van der Waals surface area contributed by atoms with Gasteiger partial charge in [-0.05, 0) is 31.0 Å². The van der Waals surface area contributed by atoms with E-state index in [0.29, 0.717) is 13.2 Å². The first-order valence-electron chi connectivity index (χ1n) is 5.18. The Morgan fingerprint density at radius 3 is 2.73 bits per heavy atom. The molecule has 0 amide bonds. The molecule has 0 saturated carbocycles. The Labute approximate surface area is 99.9 Å². The number of halogens is 1. The Hall–Kier alpha value is -0.380. The summed E-state index contributed by atoms with van der Waals surface area (Å²) in [5.41, 5.74) is 6.64. The Kier molecular flexibility index (Phi) is 4.77. The van der Waals surface area contributed by atoms with Gasteiger partial charge in [-0.25, -0.2) is 0 Å². The molecule has 0 aliphatic heterocycles. The van der Waals surface area contributed by atoms with Gasteiger partial charge in [-0.2, -0.15) is 0 Å². The fourth-order valence-corrected chi connectivity index (χ4v) is 1.64. The van der Waals surface area contributed by atoms with Crippen LogP contribution >= 0.6 is 15.9 Å². The molecular weight excluding hydrogens is 254 g/mol. The van der Waals surface area contributed by atoms with Crippen LogP contribution in [0.15, 0.2) is 28.7 Å². The van der Waals surface area contributed by atoms with E-state index in [4.69, 9.17) is 10.5 Å². The summed E-state index contributed by atoms with van der Waals surface area (Å²) in [5, 5.41) is 0. The van der Waals surface area contributed by atoms with Gasteiger partial charge in [-0.1, -0.05) is 35.0 Å². The lowest BCUT2D eigenvalue weighted by molar-refractivity contribution is -0.0388. The topological polar surface area (TPSA) is 35.2 Å². The van der Waals surface area contributed by atoms with Crippen molar-refractivity contribution in [2.75, 3.05) is 6.54 Å². The van der Waals surface area contributed by atoms with Crippen LogP contribution in [-0.4, -0.2) is 12.1 Å². The van der Waals surface area contributed by atoms with Gasteiger partial charge < -0.3 is 10.5 Å². The van der Waals surface area contributed by atoms with Crippen LogP contribution in [0.3, 0.4) is 0 Å². The molecule has 0 spiro atoms. The van der Waals surface area contributed by atoms with Crippen molar-refractivity contribution in [3.05, 3.63) is 34.3 Å². The van der Waals surface area contributed by atoms with E-state index >= 15 is 0 Å². The van der Waals surface area contributed by atoms with Crippen molar-refractivity contribution >= 4 is 15.9 Å². The fourth-order valence-electron chi connectivity index (χ4n) is 1.19. The van der Waals surface area contributed by atoms with Gasteiger partial charge in [-0.15, -0.1) is 0 Å². The third-order valence-corrected chi connectivity index (χ3v) is 3.15. The van der Waals surface area contributed by atoms with E-state index < -0.39 is 0 Å². The second-order valence-electron chi connectivity index (χ2n) is 3.93. The summed E-state index contributed by atoms with van der Waals surface area (Å²) >= 11 is 3.44. The quantitative estimate of drug-likeness (QED) is 0.894. The minimum Gasteiger partial charge on any atom is -0.369 e. The maximum absolute atomic E-state index is 5.82. The van der Waals surface area contributed by atoms with Crippen LogP contribution in [0.25, 0.3) is 0 Å². The van der Waals surface area contributed by atoms with Gasteiger partial charge in [0.2, 0.25) is 0 Å². The Bertz CT molecular complexity index is 310. The summed E-state index contributed by atoms with van der Waals surface area (Å²) in [4.78, 5) is 0. The highest BCUT2D eigenvalue weighted by molar-refractivity contribution is 9.10. The Morgan fingerprint density at radius 1 is 1.47 bits per heavy atom. The average molecular weight is 272 g/mol. The molecule has 1 aromatic rings. The van der Waals surface area contributed by atoms with E-state index in [0.717, 1.165) is 16.5 Å². The summed E-state index contributed by atoms with van der Waals surface area (Å²) in [5.74, 6) is 0. The van der Waals surface area contributed by atoms with E-state index in [2.05, 4.69) is 35.0 Å². The molecule has 0 aromatic heterocycles. The lowest BCUT2D eigenvalue weighted by Gasteiger charge is -2.26. The first kappa shape index (κ1) is 12.7. The Balaban J connectivity index is 2.56. The highest BCUT2D eigenvalue weighted by atomic mass is 79.9. The molecule has 2 nitrogen and oxygen atoms in total. The molecule has 0 heterocycles. The summed E-state index contributed by atoms with van der Waals surface area (Å²) in [6.45, 7) is 5.30. The number of hydrogen-bond acceptors (Lipinski definition) is 2. The number of rotatable bonds is 5. The SMILES string of the molecule is CCC(C)(CN)OCc1cccc(Br)c1.